The molecule has 26 heavy (non-hydrogen) atoms. The normalized spacial score (nSPS) is 15.4. The first-order valence-corrected chi connectivity index (χ1v) is 8.77. The maximum atomic E-state index is 12.8. The standard InChI is InChI=1S/C17H14BrF3N4O/c18-10-1-2-13-11(5-10)9(6-22-13)7-25-4-3-14-12(8-25)15(26)24-16(23-14)17(19,20)21/h1-2,5-6,22H,3-4,7-8H2,(H,23,24,26). The molecule has 0 unspecified atom stereocenters. The first kappa shape index (κ1) is 17.3. The van der Waals surface area contributed by atoms with Gasteiger partial charge >= 0.3 is 6.18 Å². The molecule has 0 fully saturated rings. The fourth-order valence-corrected chi connectivity index (χ4v) is 3.63. The monoisotopic (exact) mass is 426 g/mol. The zero-order chi connectivity index (χ0) is 18.5. The van der Waals surface area contributed by atoms with E-state index in [4.69, 9.17) is 0 Å². The topological polar surface area (TPSA) is 64.8 Å². The smallest absolute Gasteiger partial charge is 0.361 e. The molecule has 1 aromatic carbocycles. The van der Waals surface area contributed by atoms with Gasteiger partial charge in [-0.2, -0.15) is 13.2 Å². The van der Waals surface area contributed by atoms with Crippen molar-refractivity contribution < 1.29 is 13.2 Å². The molecule has 1 aliphatic rings. The number of benzene rings is 1. The predicted molar refractivity (Wildman–Crippen MR) is 93.7 cm³/mol. The van der Waals surface area contributed by atoms with Crippen LogP contribution in [0.15, 0.2) is 33.7 Å². The first-order valence-electron chi connectivity index (χ1n) is 7.98. The number of H-pyrrole nitrogens is 2. The quantitative estimate of drug-likeness (QED) is 0.657. The van der Waals surface area contributed by atoms with Gasteiger partial charge in [-0.05, 0) is 23.8 Å². The van der Waals surface area contributed by atoms with E-state index < -0.39 is 17.6 Å². The van der Waals surface area contributed by atoms with Crippen LogP contribution in [0.25, 0.3) is 10.9 Å². The molecule has 0 spiro atoms. The van der Waals surface area contributed by atoms with Crippen molar-refractivity contribution in [3.05, 3.63) is 61.9 Å². The van der Waals surface area contributed by atoms with Crippen molar-refractivity contribution >= 4 is 26.8 Å². The molecule has 1 aliphatic heterocycles. The minimum Gasteiger partial charge on any atom is -0.361 e. The molecule has 2 N–H and O–H groups in total. The molecular weight excluding hydrogens is 413 g/mol. The molecule has 9 heteroatoms. The molecule has 4 rings (SSSR count). The Bertz CT molecular complexity index is 1040. The molecule has 0 saturated heterocycles. The van der Waals surface area contributed by atoms with Crippen LogP contribution in [-0.4, -0.2) is 26.4 Å². The molecule has 0 bridgehead atoms. The Balaban J connectivity index is 1.61. The largest absolute Gasteiger partial charge is 0.449 e. The maximum Gasteiger partial charge on any atom is 0.449 e. The van der Waals surface area contributed by atoms with Crippen molar-refractivity contribution in [2.24, 2.45) is 0 Å². The van der Waals surface area contributed by atoms with Gasteiger partial charge in [-0.15, -0.1) is 0 Å². The van der Waals surface area contributed by atoms with Crippen molar-refractivity contribution in [1.29, 1.82) is 0 Å². The lowest BCUT2D eigenvalue weighted by Gasteiger charge is -2.27. The Morgan fingerprint density at radius 2 is 2.12 bits per heavy atom. The average molecular weight is 427 g/mol. The lowest BCUT2D eigenvalue weighted by Crippen LogP contribution is -2.36. The summed E-state index contributed by atoms with van der Waals surface area (Å²) in [5.41, 5.74) is 1.91. The van der Waals surface area contributed by atoms with E-state index in [0.29, 0.717) is 25.1 Å². The third-order valence-electron chi connectivity index (χ3n) is 4.54. The van der Waals surface area contributed by atoms with Gasteiger partial charge in [-0.25, -0.2) is 4.98 Å². The molecule has 3 aromatic rings. The zero-order valence-electron chi connectivity index (χ0n) is 13.5. The van der Waals surface area contributed by atoms with Crippen molar-refractivity contribution in [2.45, 2.75) is 25.7 Å². The summed E-state index contributed by atoms with van der Waals surface area (Å²) >= 11 is 3.46. The molecular formula is C17H14BrF3N4O. The number of aromatic nitrogens is 3. The van der Waals surface area contributed by atoms with Crippen LogP contribution >= 0.6 is 15.9 Å². The van der Waals surface area contributed by atoms with Crippen molar-refractivity contribution in [3.63, 3.8) is 0 Å². The number of hydrogen-bond acceptors (Lipinski definition) is 3. The second-order valence-electron chi connectivity index (χ2n) is 6.30. The fourth-order valence-electron chi connectivity index (χ4n) is 3.27. The number of nitrogens with zero attached hydrogens (tertiary/aromatic N) is 2. The van der Waals surface area contributed by atoms with Crippen molar-refractivity contribution in [1.82, 2.24) is 19.9 Å². The molecule has 5 nitrogen and oxygen atoms in total. The summed E-state index contributed by atoms with van der Waals surface area (Å²) in [4.78, 5) is 22.8. The lowest BCUT2D eigenvalue weighted by molar-refractivity contribution is -0.145. The molecule has 0 aliphatic carbocycles. The maximum absolute atomic E-state index is 12.8. The van der Waals surface area contributed by atoms with E-state index in [0.717, 1.165) is 20.9 Å². The van der Waals surface area contributed by atoms with E-state index in [1.54, 1.807) is 0 Å². The summed E-state index contributed by atoms with van der Waals surface area (Å²) in [7, 11) is 0. The highest BCUT2D eigenvalue weighted by Gasteiger charge is 2.36. The highest BCUT2D eigenvalue weighted by molar-refractivity contribution is 9.10. The van der Waals surface area contributed by atoms with E-state index in [2.05, 4.69) is 25.9 Å². The van der Waals surface area contributed by atoms with E-state index in [9.17, 15) is 18.0 Å². The van der Waals surface area contributed by atoms with Gasteiger partial charge in [0.15, 0.2) is 0 Å². The van der Waals surface area contributed by atoms with E-state index in [1.165, 1.54) is 0 Å². The minimum atomic E-state index is -4.65. The zero-order valence-corrected chi connectivity index (χ0v) is 15.0. The van der Waals surface area contributed by atoms with Crippen LogP contribution in [0, 0.1) is 0 Å². The van der Waals surface area contributed by atoms with Gasteiger partial charge in [0.25, 0.3) is 5.56 Å². The number of alkyl halides is 3. The van der Waals surface area contributed by atoms with Crippen LogP contribution in [-0.2, 0) is 25.7 Å². The highest BCUT2D eigenvalue weighted by Crippen LogP contribution is 2.28. The van der Waals surface area contributed by atoms with E-state index in [1.807, 2.05) is 34.3 Å². The van der Waals surface area contributed by atoms with E-state index in [-0.39, 0.29) is 12.2 Å². The highest BCUT2D eigenvalue weighted by atomic mass is 79.9. The van der Waals surface area contributed by atoms with Crippen LogP contribution in [0.4, 0.5) is 13.2 Å². The van der Waals surface area contributed by atoms with Gasteiger partial charge in [0.05, 0.1) is 11.3 Å². The average Bonchev–Trinajstić information content (AvgIpc) is 2.96. The van der Waals surface area contributed by atoms with Gasteiger partial charge < -0.3 is 9.97 Å². The number of hydrogen-bond donors (Lipinski definition) is 2. The first-order chi connectivity index (χ1) is 12.3. The third-order valence-corrected chi connectivity index (χ3v) is 5.03. The van der Waals surface area contributed by atoms with Crippen LogP contribution in [0.1, 0.15) is 22.6 Å². The van der Waals surface area contributed by atoms with Gasteiger partial charge in [0, 0.05) is 47.6 Å². The van der Waals surface area contributed by atoms with Crippen LogP contribution in [0.5, 0.6) is 0 Å². The summed E-state index contributed by atoms with van der Waals surface area (Å²) in [6.07, 6.45) is -2.42. The van der Waals surface area contributed by atoms with Gasteiger partial charge in [-0.1, -0.05) is 15.9 Å². The Labute approximate surface area is 154 Å². The number of nitrogens with one attached hydrogen (secondary N) is 2. The molecule has 2 aromatic heterocycles. The molecule has 0 saturated carbocycles. The third kappa shape index (κ3) is 3.16. The van der Waals surface area contributed by atoms with Gasteiger partial charge in [-0.3, -0.25) is 9.69 Å². The van der Waals surface area contributed by atoms with Crippen LogP contribution in [0.2, 0.25) is 0 Å². The minimum absolute atomic E-state index is 0.235. The predicted octanol–water partition coefficient (Wildman–Crippen LogP) is 3.59. The Kier molecular flexibility index (Phi) is 4.15. The summed E-state index contributed by atoms with van der Waals surface area (Å²) in [6.45, 7) is 1.41. The summed E-state index contributed by atoms with van der Waals surface area (Å²) in [6, 6.07) is 5.94. The van der Waals surface area contributed by atoms with Gasteiger partial charge in [0.2, 0.25) is 5.82 Å². The Hall–Kier alpha value is -2.13. The summed E-state index contributed by atoms with van der Waals surface area (Å²) in [5.74, 6) is -1.23. The molecule has 0 amide bonds. The number of halogens is 4. The number of aromatic amines is 2. The Morgan fingerprint density at radius 3 is 2.88 bits per heavy atom. The van der Waals surface area contributed by atoms with Crippen LogP contribution < -0.4 is 5.56 Å². The molecule has 3 heterocycles. The SMILES string of the molecule is O=c1[nH]c(C(F)(F)F)nc2c1CN(Cc1c[nH]c3ccc(Br)cc13)CC2. The molecule has 0 atom stereocenters. The number of fused-ring (bicyclic) bond motifs is 2. The Morgan fingerprint density at radius 1 is 1.31 bits per heavy atom. The summed E-state index contributed by atoms with van der Waals surface area (Å²) in [5, 5.41) is 1.07. The van der Waals surface area contributed by atoms with Crippen molar-refractivity contribution in [3.8, 4) is 0 Å². The van der Waals surface area contributed by atoms with Gasteiger partial charge in [0.1, 0.15) is 0 Å². The van der Waals surface area contributed by atoms with Crippen molar-refractivity contribution in [2.75, 3.05) is 6.54 Å². The second kappa shape index (κ2) is 6.24. The fraction of sp³-hybridized carbons (Fsp3) is 0.294. The molecule has 136 valence electrons. The molecule has 0 radical (unpaired) electrons. The lowest BCUT2D eigenvalue weighted by atomic mass is 10.1. The second-order valence-corrected chi connectivity index (χ2v) is 7.22. The number of rotatable bonds is 2. The van der Waals surface area contributed by atoms with E-state index >= 15 is 0 Å². The summed E-state index contributed by atoms with van der Waals surface area (Å²) < 4.78 is 39.4. The van der Waals surface area contributed by atoms with Crippen LogP contribution in [0.3, 0.4) is 0 Å².